The zero-order valence-corrected chi connectivity index (χ0v) is 25.2. The molecule has 3 amide bonds. The number of aliphatic hydroxyl groups excluding tert-OH is 1. The van der Waals surface area contributed by atoms with E-state index in [1.54, 1.807) is 13.8 Å². The molecular formula is C25H40N3NaO8S. The molecular weight excluding hydrogens is 525 g/mol. The molecule has 210 valence electrons. The van der Waals surface area contributed by atoms with Gasteiger partial charge in [-0.3, -0.25) is 9.59 Å². The number of carbonyl (C=O) groups excluding carboxylic acids is 3. The first-order chi connectivity index (χ1) is 18.1. The average Bonchev–Trinajstić information content (AvgIpc) is 3.19. The van der Waals surface area contributed by atoms with Crippen molar-refractivity contribution in [2.75, 3.05) is 13.1 Å². The number of alkyl carbamates (subject to hydrolysis) is 1. The van der Waals surface area contributed by atoms with Gasteiger partial charge in [0.05, 0.1) is 15.3 Å². The van der Waals surface area contributed by atoms with Gasteiger partial charge in [-0.25, -0.2) is 13.2 Å². The maximum atomic E-state index is 13.2. The number of hydrogen-bond acceptors (Lipinski definition) is 8. The van der Waals surface area contributed by atoms with E-state index >= 15 is 0 Å². The van der Waals surface area contributed by atoms with E-state index in [9.17, 15) is 32.5 Å². The van der Waals surface area contributed by atoms with Crippen LogP contribution in [0.1, 0.15) is 74.4 Å². The molecule has 5 aliphatic rings. The molecule has 4 atom stereocenters. The van der Waals surface area contributed by atoms with Crippen molar-refractivity contribution in [3.05, 3.63) is 0 Å². The molecule has 4 bridgehead atoms. The van der Waals surface area contributed by atoms with E-state index in [1.165, 1.54) is 0 Å². The van der Waals surface area contributed by atoms with Crippen LogP contribution in [0.2, 0.25) is 0 Å². The van der Waals surface area contributed by atoms with Gasteiger partial charge in [0.1, 0.15) is 16.2 Å². The van der Waals surface area contributed by atoms with Crippen LogP contribution >= 0.6 is 0 Å². The third-order valence-electron chi connectivity index (χ3n) is 8.38. The number of rotatable bonds is 11. The molecule has 1 unspecified atom stereocenters. The van der Waals surface area contributed by atoms with Gasteiger partial charge in [0, 0.05) is 17.9 Å². The Labute approximate surface area is 249 Å². The quantitative estimate of drug-likeness (QED) is 0.168. The van der Waals surface area contributed by atoms with Crippen LogP contribution in [-0.4, -0.2) is 66.6 Å². The SMILES string of the molecule is [2H]C([2H])(OC(=O)N[C@@H](CC(C)C)C(=O)N[C@@H](C[C@H]1CCNC1=O)C(O)S(=O)(=O)[O-])C12CC3CC(CC(C3)C1)C2.[Na+]. The molecule has 13 heteroatoms. The number of ether oxygens (including phenoxy) is 1. The van der Waals surface area contributed by atoms with E-state index in [4.69, 9.17) is 7.48 Å². The van der Waals surface area contributed by atoms with E-state index in [0.29, 0.717) is 50.0 Å². The van der Waals surface area contributed by atoms with Gasteiger partial charge in [-0.15, -0.1) is 0 Å². The number of amides is 3. The van der Waals surface area contributed by atoms with E-state index < -0.39 is 57.5 Å². The van der Waals surface area contributed by atoms with Crippen LogP contribution in [-0.2, 0) is 24.4 Å². The summed E-state index contributed by atoms with van der Waals surface area (Å²) >= 11 is 0. The van der Waals surface area contributed by atoms with Crippen molar-refractivity contribution in [2.45, 2.75) is 89.2 Å². The van der Waals surface area contributed by atoms with Crippen LogP contribution in [0.15, 0.2) is 0 Å². The second-order valence-electron chi connectivity index (χ2n) is 12.0. The van der Waals surface area contributed by atoms with Crippen LogP contribution < -0.4 is 45.5 Å². The number of hydrogen-bond donors (Lipinski definition) is 4. The number of aliphatic hydroxyl groups is 1. The van der Waals surface area contributed by atoms with Gasteiger partial charge in [0.15, 0.2) is 5.44 Å². The van der Waals surface area contributed by atoms with Crippen molar-refractivity contribution in [3.63, 3.8) is 0 Å². The van der Waals surface area contributed by atoms with Crippen LogP contribution in [0.4, 0.5) is 4.79 Å². The topological polar surface area (TPSA) is 174 Å². The molecule has 0 aromatic rings. The van der Waals surface area contributed by atoms with Gasteiger partial charge >= 0.3 is 35.7 Å². The van der Waals surface area contributed by atoms with Crippen LogP contribution in [0.5, 0.6) is 0 Å². The molecule has 5 fully saturated rings. The second-order valence-corrected chi connectivity index (χ2v) is 13.5. The minimum atomic E-state index is -5.23. The summed E-state index contributed by atoms with van der Waals surface area (Å²) in [7, 11) is -5.23. The Morgan fingerprint density at radius 2 is 1.76 bits per heavy atom. The molecule has 0 aromatic heterocycles. The van der Waals surface area contributed by atoms with Gasteiger partial charge in [-0.05, 0) is 81.5 Å². The zero-order valence-electron chi connectivity index (χ0n) is 24.4. The Balaban J connectivity index is 0.00000441. The fourth-order valence-corrected chi connectivity index (χ4v) is 7.75. The first-order valence-corrected chi connectivity index (χ1v) is 14.8. The molecule has 0 spiro atoms. The predicted molar refractivity (Wildman–Crippen MR) is 132 cm³/mol. The van der Waals surface area contributed by atoms with Gasteiger partial charge < -0.3 is 30.3 Å². The van der Waals surface area contributed by atoms with Gasteiger partial charge in [-0.2, -0.15) is 0 Å². The summed E-state index contributed by atoms with van der Waals surface area (Å²) in [6.07, 6.45) is 4.29. The standard InChI is InChI=1S/C25H41N3O8S.Na/c1-14(2)5-19(22(30)27-20(23(31)37(33,34)35)9-18-3-4-26-21(18)29)28-24(32)36-13-25-10-15-6-16(11-25)8-17(7-15)12-25;/h14-20,23,31H,3-13H2,1-2H3,(H,26,29)(H,27,30)(H,28,32)(H,33,34,35);/q;+1/p-1/t15?,16?,17?,18-,19+,20+,23?,25?;/m1./s1/i13D2;. The van der Waals surface area contributed by atoms with E-state index in [0.717, 1.165) is 19.3 Å². The van der Waals surface area contributed by atoms with Crippen molar-refractivity contribution in [3.8, 4) is 0 Å². The summed E-state index contributed by atoms with van der Waals surface area (Å²) in [5, 5.41) is 17.5. The molecule has 5 rings (SSSR count). The molecule has 1 aliphatic heterocycles. The fraction of sp³-hybridized carbons (Fsp3) is 0.880. The van der Waals surface area contributed by atoms with Gasteiger partial charge in [0.25, 0.3) is 0 Å². The van der Waals surface area contributed by atoms with E-state index in [-0.39, 0.29) is 54.2 Å². The maximum Gasteiger partial charge on any atom is 1.00 e. The largest absolute Gasteiger partial charge is 1.00 e. The normalized spacial score (nSPS) is 33.3. The van der Waals surface area contributed by atoms with Gasteiger partial charge in [0.2, 0.25) is 11.8 Å². The van der Waals surface area contributed by atoms with Crippen LogP contribution in [0.3, 0.4) is 0 Å². The summed E-state index contributed by atoms with van der Waals surface area (Å²) in [5.41, 5.74) is -3.25. The predicted octanol–water partition coefficient (Wildman–Crippen LogP) is -1.78. The molecule has 4 aliphatic carbocycles. The monoisotopic (exact) mass is 567 g/mol. The molecule has 11 nitrogen and oxygen atoms in total. The summed E-state index contributed by atoms with van der Waals surface area (Å²) in [5.74, 6) is -0.784. The van der Waals surface area contributed by atoms with Gasteiger partial charge in [-0.1, -0.05) is 13.8 Å². The minimum absolute atomic E-state index is 0. The molecule has 0 radical (unpaired) electrons. The number of carbonyl (C=O) groups is 3. The maximum absolute atomic E-state index is 13.2. The van der Waals surface area contributed by atoms with Crippen molar-refractivity contribution < 1.29 is 69.5 Å². The summed E-state index contributed by atoms with van der Waals surface area (Å²) in [6, 6.07) is -2.84. The molecule has 1 heterocycles. The fourth-order valence-electron chi connectivity index (χ4n) is 7.17. The number of nitrogens with one attached hydrogen (secondary N) is 3. The van der Waals surface area contributed by atoms with E-state index in [1.807, 2.05) is 0 Å². The van der Waals surface area contributed by atoms with Crippen LogP contribution in [0.25, 0.3) is 0 Å². The van der Waals surface area contributed by atoms with Crippen molar-refractivity contribution >= 4 is 28.0 Å². The molecule has 0 aromatic carbocycles. The average molecular weight is 568 g/mol. The summed E-state index contributed by atoms with van der Waals surface area (Å²) in [4.78, 5) is 38.2. The first-order valence-electron chi connectivity index (χ1n) is 14.3. The smallest absolute Gasteiger partial charge is 0.746 e. The van der Waals surface area contributed by atoms with Crippen LogP contribution in [0, 0.1) is 35.0 Å². The summed E-state index contributed by atoms with van der Waals surface area (Å²) < 4.78 is 57.5. The summed E-state index contributed by atoms with van der Waals surface area (Å²) in [6.45, 7) is 1.69. The Hall–Kier alpha value is -0.920. The van der Waals surface area contributed by atoms with Crippen molar-refractivity contribution in [1.29, 1.82) is 0 Å². The Morgan fingerprint density at radius 3 is 2.24 bits per heavy atom. The Bertz CT molecular complexity index is 1040. The molecule has 4 saturated carbocycles. The van der Waals surface area contributed by atoms with E-state index in [2.05, 4.69) is 16.0 Å². The third kappa shape index (κ3) is 7.84. The zero-order chi connectivity index (χ0) is 28.8. The van der Waals surface area contributed by atoms with Crippen molar-refractivity contribution in [1.82, 2.24) is 16.0 Å². The molecule has 1 saturated heterocycles. The Morgan fingerprint density at radius 1 is 1.18 bits per heavy atom. The first kappa shape index (κ1) is 28.6. The molecule has 4 N–H and O–H groups in total. The second kappa shape index (κ2) is 12.7. The Kier molecular flexibility index (Phi) is 9.57. The minimum Gasteiger partial charge on any atom is -0.746 e. The third-order valence-corrected chi connectivity index (χ3v) is 9.30. The molecule has 38 heavy (non-hydrogen) atoms. The van der Waals surface area contributed by atoms with Crippen molar-refractivity contribution in [2.24, 2.45) is 35.0 Å².